The monoisotopic (exact) mass is 571 g/mol. The summed E-state index contributed by atoms with van der Waals surface area (Å²) in [6.45, 7) is 3.86. The first-order valence-electron chi connectivity index (χ1n) is 12.9. The van der Waals surface area contributed by atoms with Crippen molar-refractivity contribution in [1.29, 1.82) is 0 Å². The van der Waals surface area contributed by atoms with Crippen molar-refractivity contribution in [2.75, 3.05) is 26.4 Å². The molecule has 39 heavy (non-hydrogen) atoms. The summed E-state index contributed by atoms with van der Waals surface area (Å²) >= 11 is 0. The number of rotatable bonds is 4. The second-order valence-corrected chi connectivity index (χ2v) is 13.6. The fraction of sp³-hybridized carbons (Fsp3) is 0.536. The third kappa shape index (κ3) is 4.82. The number of halogens is 5. The predicted octanol–water partition coefficient (Wildman–Crippen LogP) is 6.48. The van der Waals surface area contributed by atoms with E-state index in [1.54, 1.807) is 30.0 Å². The Morgan fingerprint density at radius 3 is 2.36 bits per heavy atom. The molecule has 1 aliphatic carbocycles. The normalized spacial score (nSPS) is 32.3. The van der Waals surface area contributed by atoms with E-state index >= 15 is 0 Å². The molecular weight excluding hydrogens is 540 g/mol. The first-order valence-corrected chi connectivity index (χ1v) is 14.9. The maximum Gasteiger partial charge on any atom is 0.426 e. The van der Waals surface area contributed by atoms with Gasteiger partial charge in [0.2, 0.25) is 11.6 Å². The molecule has 0 bridgehead atoms. The molecular formula is C28H31F5NO4P. The molecule has 0 aromatic heterocycles. The highest BCUT2D eigenvalue weighted by atomic mass is 31.2. The fourth-order valence-corrected chi connectivity index (χ4v) is 7.41. The van der Waals surface area contributed by atoms with Crippen LogP contribution in [0, 0.1) is 11.2 Å². The van der Waals surface area contributed by atoms with Gasteiger partial charge in [0.1, 0.15) is 5.82 Å². The molecule has 5 rings (SSSR count). The van der Waals surface area contributed by atoms with Gasteiger partial charge in [0.15, 0.2) is 0 Å². The van der Waals surface area contributed by atoms with E-state index in [-0.39, 0.29) is 25.2 Å². The first-order chi connectivity index (χ1) is 18.1. The highest BCUT2D eigenvalue weighted by Gasteiger charge is 2.57. The van der Waals surface area contributed by atoms with Crippen molar-refractivity contribution >= 4 is 13.5 Å². The van der Waals surface area contributed by atoms with E-state index in [1.165, 1.54) is 30.9 Å². The van der Waals surface area contributed by atoms with Crippen molar-refractivity contribution in [2.45, 2.75) is 62.8 Å². The minimum Gasteiger partial charge on any atom is -0.338 e. The van der Waals surface area contributed by atoms with Gasteiger partial charge >= 0.3 is 13.8 Å². The maximum absolute atomic E-state index is 14.9. The summed E-state index contributed by atoms with van der Waals surface area (Å²) in [5.74, 6) is -0.598. The molecule has 0 N–H and O–H groups in total. The Morgan fingerprint density at radius 1 is 1.10 bits per heavy atom. The lowest BCUT2D eigenvalue weighted by atomic mass is 9.63. The molecule has 2 aliphatic heterocycles. The van der Waals surface area contributed by atoms with Crippen LogP contribution < -0.4 is 0 Å². The van der Waals surface area contributed by atoms with Gasteiger partial charge < -0.3 is 13.9 Å². The van der Waals surface area contributed by atoms with Gasteiger partial charge in [0.05, 0.1) is 18.6 Å². The number of hydrogen-bond donors (Lipinski definition) is 0. The predicted molar refractivity (Wildman–Crippen MR) is 135 cm³/mol. The standard InChI is InChI=1S/C28H31F5NO4P/c1-25(16-37-39(3,36)38-17-25)24(35)34-13-12-27(15-18-4-8-21(29)9-5-18)22-10-7-20(26(2,30)28(31,32)33)14-19(22)6-11-23(27)34/h4-5,7-10,14,23H,6,11-13,15-17H2,1-3H3/t23-,25?,26?,27-,39?/m1/s1. The Balaban J connectivity index is 1.54. The molecule has 1 amide bonds. The lowest BCUT2D eigenvalue weighted by molar-refractivity contribution is -0.228. The zero-order valence-corrected chi connectivity index (χ0v) is 22.9. The lowest BCUT2D eigenvalue weighted by Gasteiger charge is -2.46. The molecule has 1 unspecified atom stereocenters. The van der Waals surface area contributed by atoms with Gasteiger partial charge in [-0.25, -0.2) is 8.78 Å². The molecule has 3 atom stereocenters. The van der Waals surface area contributed by atoms with E-state index in [9.17, 15) is 31.3 Å². The molecule has 2 saturated heterocycles. The molecule has 0 saturated carbocycles. The topological polar surface area (TPSA) is 55.8 Å². The van der Waals surface area contributed by atoms with Crippen LogP contribution in [0.4, 0.5) is 22.0 Å². The van der Waals surface area contributed by atoms with E-state index in [0.29, 0.717) is 44.7 Å². The summed E-state index contributed by atoms with van der Waals surface area (Å²) in [4.78, 5) is 15.7. The maximum atomic E-state index is 14.9. The summed E-state index contributed by atoms with van der Waals surface area (Å²) in [7, 11) is -3.22. The van der Waals surface area contributed by atoms with Crippen LogP contribution >= 0.6 is 7.60 Å². The van der Waals surface area contributed by atoms with E-state index < -0.39 is 41.7 Å². The Morgan fingerprint density at radius 2 is 1.74 bits per heavy atom. The number of benzene rings is 2. The number of carbonyl (C=O) groups is 1. The number of carbonyl (C=O) groups excluding carboxylic acids is 1. The van der Waals surface area contributed by atoms with Crippen LogP contribution in [0.1, 0.15) is 48.9 Å². The molecule has 0 spiro atoms. The minimum absolute atomic E-state index is 0.0553. The van der Waals surface area contributed by atoms with Crippen LogP contribution in [0.3, 0.4) is 0 Å². The highest BCUT2D eigenvalue weighted by Crippen LogP contribution is 2.54. The average Bonchev–Trinajstić information content (AvgIpc) is 3.25. The van der Waals surface area contributed by atoms with E-state index in [1.807, 2.05) is 0 Å². The van der Waals surface area contributed by atoms with E-state index in [2.05, 4.69) is 0 Å². The summed E-state index contributed by atoms with van der Waals surface area (Å²) in [5, 5.41) is 0. The largest absolute Gasteiger partial charge is 0.426 e. The SMILES string of the molecule is CC1(C(=O)N2CC[C@@]3(Cc4ccc(F)cc4)c4ccc(C(C)(F)C(F)(F)F)cc4CC[C@@H]23)COP(C)(=O)OC1. The van der Waals surface area contributed by atoms with Gasteiger partial charge in [-0.3, -0.25) is 9.36 Å². The number of hydrogen-bond acceptors (Lipinski definition) is 4. The molecule has 3 aliphatic rings. The number of fused-ring (bicyclic) bond motifs is 3. The smallest absolute Gasteiger partial charge is 0.338 e. The van der Waals surface area contributed by atoms with Gasteiger partial charge in [-0.2, -0.15) is 13.2 Å². The van der Waals surface area contributed by atoms with Crippen molar-refractivity contribution in [3.63, 3.8) is 0 Å². The second-order valence-electron chi connectivity index (χ2n) is 11.5. The van der Waals surface area contributed by atoms with Gasteiger partial charge in [0.25, 0.3) is 0 Å². The van der Waals surface area contributed by atoms with Crippen LogP contribution in [0.25, 0.3) is 0 Å². The van der Waals surface area contributed by atoms with Crippen LogP contribution in [0.15, 0.2) is 42.5 Å². The first kappa shape index (κ1) is 28.2. The minimum atomic E-state index is -5.07. The van der Waals surface area contributed by atoms with Crippen molar-refractivity contribution < 1.29 is 40.4 Å². The number of amides is 1. The molecule has 5 nitrogen and oxygen atoms in total. The van der Waals surface area contributed by atoms with Crippen LogP contribution in [-0.2, 0) is 42.3 Å². The zero-order chi connectivity index (χ0) is 28.4. The third-order valence-electron chi connectivity index (χ3n) is 8.66. The number of likely N-dealkylation sites (tertiary alicyclic amines) is 1. The molecule has 0 radical (unpaired) electrons. The number of aryl methyl sites for hydroxylation is 1. The van der Waals surface area contributed by atoms with Crippen molar-refractivity contribution in [1.82, 2.24) is 4.90 Å². The Bertz CT molecular complexity index is 1320. The van der Waals surface area contributed by atoms with Crippen LogP contribution in [0.2, 0.25) is 0 Å². The number of alkyl halides is 4. The third-order valence-corrected chi connectivity index (χ3v) is 9.86. The van der Waals surface area contributed by atoms with Gasteiger partial charge in [-0.1, -0.05) is 30.3 Å². The molecule has 2 fully saturated rings. The summed E-state index contributed by atoms with van der Waals surface area (Å²) in [5.41, 5.74) is -3.46. The highest BCUT2D eigenvalue weighted by molar-refractivity contribution is 7.53. The van der Waals surface area contributed by atoms with Gasteiger partial charge in [-0.15, -0.1) is 0 Å². The summed E-state index contributed by atoms with van der Waals surface area (Å²) < 4.78 is 91.9. The second kappa shape index (κ2) is 9.38. The van der Waals surface area contributed by atoms with E-state index in [0.717, 1.165) is 11.1 Å². The quantitative estimate of drug-likeness (QED) is 0.312. The van der Waals surface area contributed by atoms with Crippen LogP contribution in [0.5, 0.6) is 0 Å². The van der Waals surface area contributed by atoms with Crippen LogP contribution in [-0.4, -0.2) is 49.4 Å². The van der Waals surface area contributed by atoms with Crippen molar-refractivity contribution in [3.8, 4) is 0 Å². The van der Waals surface area contributed by atoms with Crippen molar-refractivity contribution in [2.24, 2.45) is 5.41 Å². The lowest BCUT2D eigenvalue weighted by Crippen LogP contribution is -2.55. The molecule has 2 aromatic carbocycles. The Labute approximate surface area is 224 Å². The van der Waals surface area contributed by atoms with Gasteiger partial charge in [0, 0.05) is 24.7 Å². The number of nitrogens with zero attached hydrogens (tertiary/aromatic N) is 1. The fourth-order valence-electron chi connectivity index (χ4n) is 6.30. The summed E-state index contributed by atoms with van der Waals surface area (Å²) in [6.07, 6.45) is -3.30. The Hall–Kier alpha value is -2.29. The molecule has 11 heteroatoms. The zero-order valence-electron chi connectivity index (χ0n) is 22.0. The average molecular weight is 572 g/mol. The molecule has 212 valence electrons. The van der Waals surface area contributed by atoms with Crippen molar-refractivity contribution in [3.05, 3.63) is 70.5 Å². The van der Waals surface area contributed by atoms with Gasteiger partial charge in [-0.05, 0) is 73.9 Å². The summed E-state index contributed by atoms with van der Waals surface area (Å²) in [6, 6.07) is 9.79. The molecule has 2 heterocycles. The van der Waals surface area contributed by atoms with E-state index in [4.69, 9.17) is 9.05 Å². The Kier molecular flexibility index (Phi) is 6.80. The molecule has 2 aromatic rings.